The van der Waals surface area contributed by atoms with E-state index in [0.29, 0.717) is 0 Å². The Kier molecular flexibility index (Phi) is 3.28. The number of para-hydroxylation sites is 2. The van der Waals surface area contributed by atoms with Crippen molar-refractivity contribution < 1.29 is 4.74 Å². The molecule has 3 heteroatoms. The molecule has 0 unspecified atom stereocenters. The predicted octanol–water partition coefficient (Wildman–Crippen LogP) is 5.63. The van der Waals surface area contributed by atoms with E-state index in [4.69, 9.17) is 4.74 Å². The highest BCUT2D eigenvalue weighted by Gasteiger charge is 2.23. The minimum atomic E-state index is 0.872. The SMILES string of the molecule is COc1ccc(N2c3ccccc3Sc3ccccc32)cc1. The molecule has 0 atom stereocenters. The Bertz CT molecular complexity index is 768. The molecule has 0 saturated carbocycles. The van der Waals surface area contributed by atoms with Gasteiger partial charge in [0.25, 0.3) is 0 Å². The van der Waals surface area contributed by atoms with Crippen molar-refractivity contribution in [1.82, 2.24) is 0 Å². The monoisotopic (exact) mass is 305 g/mol. The zero-order valence-corrected chi connectivity index (χ0v) is 13.0. The molecule has 4 rings (SSSR count). The third kappa shape index (κ3) is 2.14. The van der Waals surface area contributed by atoms with E-state index in [0.717, 1.165) is 11.4 Å². The van der Waals surface area contributed by atoms with Crippen molar-refractivity contribution in [3.05, 3.63) is 72.8 Å². The summed E-state index contributed by atoms with van der Waals surface area (Å²) in [6, 6.07) is 25.2. The summed E-state index contributed by atoms with van der Waals surface area (Å²) in [5, 5.41) is 0. The largest absolute Gasteiger partial charge is 0.497 e. The molecule has 22 heavy (non-hydrogen) atoms. The summed E-state index contributed by atoms with van der Waals surface area (Å²) in [7, 11) is 1.69. The van der Waals surface area contributed by atoms with Crippen LogP contribution in [0.15, 0.2) is 82.6 Å². The van der Waals surface area contributed by atoms with Crippen LogP contribution >= 0.6 is 11.8 Å². The number of ether oxygens (including phenoxy) is 1. The molecule has 0 fully saturated rings. The first kappa shape index (κ1) is 13.3. The standard InChI is InChI=1S/C19H15NOS/c1-21-15-12-10-14(11-13-15)20-16-6-2-4-8-18(16)22-19-9-5-3-7-17(19)20/h2-13H,1H3. The molecule has 0 bridgehead atoms. The topological polar surface area (TPSA) is 12.5 Å². The molecule has 0 aliphatic carbocycles. The number of nitrogens with zero attached hydrogens (tertiary/aromatic N) is 1. The van der Waals surface area contributed by atoms with Gasteiger partial charge in [0, 0.05) is 15.5 Å². The number of methoxy groups -OCH3 is 1. The minimum absolute atomic E-state index is 0.872. The lowest BCUT2D eigenvalue weighted by atomic mass is 10.2. The van der Waals surface area contributed by atoms with Gasteiger partial charge in [0.15, 0.2) is 0 Å². The first-order valence-corrected chi connectivity index (χ1v) is 7.98. The normalized spacial score (nSPS) is 12.5. The van der Waals surface area contributed by atoms with Crippen molar-refractivity contribution in [2.45, 2.75) is 9.79 Å². The Morgan fingerprint density at radius 1 is 0.727 bits per heavy atom. The van der Waals surface area contributed by atoms with E-state index >= 15 is 0 Å². The Morgan fingerprint density at radius 3 is 1.82 bits per heavy atom. The molecular weight excluding hydrogens is 290 g/mol. The van der Waals surface area contributed by atoms with Crippen LogP contribution in [0.4, 0.5) is 17.1 Å². The fraction of sp³-hybridized carbons (Fsp3) is 0.0526. The fourth-order valence-electron chi connectivity index (χ4n) is 2.71. The molecular formula is C19H15NOS. The molecule has 108 valence electrons. The molecule has 0 saturated heterocycles. The Balaban J connectivity index is 1.90. The minimum Gasteiger partial charge on any atom is -0.497 e. The highest BCUT2D eigenvalue weighted by molar-refractivity contribution is 7.99. The summed E-state index contributed by atoms with van der Waals surface area (Å²) in [4.78, 5) is 4.86. The first-order valence-electron chi connectivity index (χ1n) is 7.17. The zero-order chi connectivity index (χ0) is 14.9. The summed E-state index contributed by atoms with van der Waals surface area (Å²) < 4.78 is 5.27. The van der Waals surface area contributed by atoms with Crippen LogP contribution in [-0.4, -0.2) is 7.11 Å². The van der Waals surface area contributed by atoms with Gasteiger partial charge in [-0.1, -0.05) is 36.0 Å². The van der Waals surface area contributed by atoms with Crippen molar-refractivity contribution in [2.24, 2.45) is 0 Å². The van der Waals surface area contributed by atoms with Crippen molar-refractivity contribution in [3.63, 3.8) is 0 Å². The van der Waals surface area contributed by atoms with Crippen molar-refractivity contribution in [3.8, 4) is 5.75 Å². The van der Waals surface area contributed by atoms with Gasteiger partial charge in [0.1, 0.15) is 5.75 Å². The van der Waals surface area contributed by atoms with Gasteiger partial charge < -0.3 is 9.64 Å². The van der Waals surface area contributed by atoms with Crippen LogP contribution in [-0.2, 0) is 0 Å². The van der Waals surface area contributed by atoms with Gasteiger partial charge in [-0.2, -0.15) is 0 Å². The van der Waals surface area contributed by atoms with E-state index in [-0.39, 0.29) is 0 Å². The van der Waals surface area contributed by atoms with Crippen LogP contribution in [0.25, 0.3) is 0 Å². The molecule has 1 aliphatic rings. The smallest absolute Gasteiger partial charge is 0.119 e. The third-order valence-corrected chi connectivity index (χ3v) is 4.89. The molecule has 0 aromatic heterocycles. The maximum absolute atomic E-state index is 5.27. The summed E-state index contributed by atoms with van der Waals surface area (Å²) in [5.74, 6) is 0.872. The second kappa shape index (κ2) is 5.43. The van der Waals surface area contributed by atoms with E-state index < -0.39 is 0 Å². The molecule has 0 spiro atoms. The van der Waals surface area contributed by atoms with Crippen LogP contribution in [0, 0.1) is 0 Å². The summed E-state index contributed by atoms with van der Waals surface area (Å²) >= 11 is 1.82. The number of hydrogen-bond acceptors (Lipinski definition) is 3. The van der Waals surface area contributed by atoms with E-state index in [2.05, 4.69) is 65.6 Å². The summed E-state index contributed by atoms with van der Waals surface area (Å²) in [5.41, 5.74) is 3.58. The maximum Gasteiger partial charge on any atom is 0.119 e. The van der Waals surface area contributed by atoms with Crippen molar-refractivity contribution in [2.75, 3.05) is 12.0 Å². The number of hydrogen-bond donors (Lipinski definition) is 0. The molecule has 0 radical (unpaired) electrons. The Hall–Kier alpha value is -2.39. The molecule has 0 amide bonds. The van der Waals surface area contributed by atoms with Gasteiger partial charge >= 0.3 is 0 Å². The molecule has 2 nitrogen and oxygen atoms in total. The van der Waals surface area contributed by atoms with Crippen LogP contribution in [0.3, 0.4) is 0 Å². The number of rotatable bonds is 2. The van der Waals surface area contributed by atoms with E-state index in [9.17, 15) is 0 Å². The fourth-order valence-corrected chi connectivity index (χ4v) is 3.77. The van der Waals surface area contributed by atoms with E-state index in [1.54, 1.807) is 7.11 Å². The van der Waals surface area contributed by atoms with Gasteiger partial charge in [-0.15, -0.1) is 0 Å². The highest BCUT2D eigenvalue weighted by atomic mass is 32.2. The van der Waals surface area contributed by atoms with Gasteiger partial charge in [-0.05, 0) is 48.5 Å². The second-order valence-electron chi connectivity index (χ2n) is 5.07. The Labute approximate surface area is 134 Å². The number of fused-ring (bicyclic) bond motifs is 2. The average molecular weight is 305 g/mol. The molecule has 3 aromatic carbocycles. The molecule has 1 aliphatic heterocycles. The zero-order valence-electron chi connectivity index (χ0n) is 12.2. The number of anilines is 3. The lowest BCUT2D eigenvalue weighted by Crippen LogP contribution is -2.14. The average Bonchev–Trinajstić information content (AvgIpc) is 2.60. The summed E-state index contributed by atoms with van der Waals surface area (Å²) in [6.45, 7) is 0. The van der Waals surface area contributed by atoms with Crippen LogP contribution < -0.4 is 9.64 Å². The van der Waals surface area contributed by atoms with Gasteiger partial charge in [0.05, 0.1) is 18.5 Å². The highest BCUT2D eigenvalue weighted by Crippen LogP contribution is 2.51. The van der Waals surface area contributed by atoms with E-state index in [1.165, 1.54) is 21.2 Å². The van der Waals surface area contributed by atoms with Gasteiger partial charge in [-0.3, -0.25) is 0 Å². The van der Waals surface area contributed by atoms with Gasteiger partial charge in [-0.25, -0.2) is 0 Å². The van der Waals surface area contributed by atoms with Crippen LogP contribution in [0.2, 0.25) is 0 Å². The first-order chi connectivity index (χ1) is 10.9. The van der Waals surface area contributed by atoms with Crippen LogP contribution in [0.5, 0.6) is 5.75 Å². The van der Waals surface area contributed by atoms with Crippen LogP contribution in [0.1, 0.15) is 0 Å². The lowest BCUT2D eigenvalue weighted by molar-refractivity contribution is 0.415. The van der Waals surface area contributed by atoms with Crippen molar-refractivity contribution >= 4 is 28.8 Å². The number of benzene rings is 3. The molecule has 0 N–H and O–H groups in total. The van der Waals surface area contributed by atoms with Gasteiger partial charge in [0.2, 0.25) is 0 Å². The maximum atomic E-state index is 5.27. The predicted molar refractivity (Wildman–Crippen MR) is 91.8 cm³/mol. The Morgan fingerprint density at radius 2 is 1.27 bits per heavy atom. The van der Waals surface area contributed by atoms with E-state index in [1.807, 2.05) is 23.9 Å². The quantitative estimate of drug-likeness (QED) is 0.476. The molecule has 3 aromatic rings. The molecule has 1 heterocycles. The third-order valence-electron chi connectivity index (χ3n) is 3.76. The lowest BCUT2D eigenvalue weighted by Gasteiger charge is -2.32. The second-order valence-corrected chi connectivity index (χ2v) is 6.15. The van der Waals surface area contributed by atoms with Crippen molar-refractivity contribution in [1.29, 1.82) is 0 Å². The summed E-state index contributed by atoms with van der Waals surface area (Å²) in [6.07, 6.45) is 0.